The summed E-state index contributed by atoms with van der Waals surface area (Å²) in [5.41, 5.74) is 0. The molecular weight excluding hydrogens is 806 g/mol. The van der Waals surface area contributed by atoms with Crippen molar-refractivity contribution < 1.29 is 47.8 Å². The number of phosphoric ester groups is 1. The Hall–Kier alpha value is -1.52. The number of rotatable bonds is 50. The highest BCUT2D eigenvalue weighted by Crippen LogP contribution is 2.43. The minimum atomic E-state index is -4.75. The lowest BCUT2D eigenvalue weighted by Gasteiger charge is -2.18. The third kappa shape index (κ3) is 45.1. The first-order valence-corrected chi connectivity index (χ1v) is 27.6. The quantitative estimate of drug-likeness (QED) is 0.0262. The van der Waals surface area contributed by atoms with Crippen molar-refractivity contribution >= 4 is 25.7 Å². The van der Waals surface area contributed by atoms with Crippen molar-refractivity contribution in [2.45, 2.75) is 283 Å². The zero-order valence-corrected chi connectivity index (χ0v) is 41.1. The van der Waals surface area contributed by atoms with Crippen molar-refractivity contribution in [3.8, 4) is 0 Å². The molecule has 1 amide bonds. The topological polar surface area (TPSA) is 169 Å². The molecule has 0 heterocycles. The highest BCUT2D eigenvalue weighted by atomic mass is 31.2. The summed E-state index contributed by atoms with van der Waals surface area (Å²) in [4.78, 5) is 46.1. The molecule has 0 bridgehead atoms. The molecule has 0 aliphatic carbocycles. The Morgan fingerprint density at radius 3 is 1.06 bits per heavy atom. The average molecular weight is 904 g/mol. The van der Waals surface area contributed by atoms with Crippen molar-refractivity contribution in [1.29, 1.82) is 0 Å². The van der Waals surface area contributed by atoms with E-state index in [0.717, 1.165) is 38.5 Å². The molecule has 0 saturated heterocycles. The number of ether oxygens (including phenoxy) is 1. The Morgan fingerprint density at radius 1 is 0.452 bits per heavy atom. The van der Waals surface area contributed by atoms with Crippen LogP contribution in [0.3, 0.4) is 0 Å². The minimum Gasteiger partial charge on any atom is -0.480 e. The molecule has 0 spiro atoms. The summed E-state index contributed by atoms with van der Waals surface area (Å²) in [6.07, 6.45) is 47.0. The lowest BCUT2D eigenvalue weighted by Crippen LogP contribution is -2.43. The molecule has 0 aromatic rings. The number of aliphatic carboxylic acids is 1. The van der Waals surface area contributed by atoms with Gasteiger partial charge in [0.2, 0.25) is 5.91 Å². The SMILES string of the molecule is CCCCCCCCCCCCCCCCCCCCCCCC(=O)OCC(O)COP(=O)(O)OCC(NC(=O)CCCCCCCCCCCCCCCCCCC)C(=O)O. The largest absolute Gasteiger partial charge is 0.480 e. The first-order valence-electron chi connectivity index (χ1n) is 26.1. The zero-order valence-electron chi connectivity index (χ0n) is 40.2. The number of carboxylic acids is 1. The van der Waals surface area contributed by atoms with Crippen LogP contribution in [-0.2, 0) is 32.7 Å². The van der Waals surface area contributed by atoms with E-state index >= 15 is 0 Å². The fourth-order valence-electron chi connectivity index (χ4n) is 7.85. The molecule has 11 nitrogen and oxygen atoms in total. The van der Waals surface area contributed by atoms with E-state index in [0.29, 0.717) is 12.8 Å². The van der Waals surface area contributed by atoms with Crippen molar-refractivity contribution in [3.05, 3.63) is 0 Å². The number of phosphoric acid groups is 1. The number of amides is 1. The van der Waals surface area contributed by atoms with Gasteiger partial charge in [-0.15, -0.1) is 0 Å². The number of unbranched alkanes of at least 4 members (excludes halogenated alkanes) is 36. The van der Waals surface area contributed by atoms with Crippen molar-refractivity contribution in [3.63, 3.8) is 0 Å². The van der Waals surface area contributed by atoms with Crippen LogP contribution in [0.4, 0.5) is 0 Å². The summed E-state index contributed by atoms with van der Waals surface area (Å²) >= 11 is 0. The Kier molecular flexibility index (Phi) is 44.9. The van der Waals surface area contributed by atoms with Crippen LogP contribution in [0.5, 0.6) is 0 Å². The lowest BCUT2D eigenvalue weighted by molar-refractivity contribution is -0.147. The Balaban J connectivity index is 3.76. The number of hydrogen-bond donors (Lipinski definition) is 4. The van der Waals surface area contributed by atoms with E-state index in [1.54, 1.807) is 0 Å². The van der Waals surface area contributed by atoms with E-state index in [1.807, 2.05) is 0 Å². The van der Waals surface area contributed by atoms with Crippen molar-refractivity contribution in [2.24, 2.45) is 0 Å². The molecule has 0 aliphatic heterocycles. The monoisotopic (exact) mass is 904 g/mol. The maximum absolute atomic E-state index is 12.3. The number of carbonyl (C=O) groups is 3. The number of carboxylic acid groups (broad SMARTS) is 1. The molecular formula is C50H98NO10P. The van der Waals surface area contributed by atoms with Gasteiger partial charge in [0.1, 0.15) is 12.7 Å². The summed E-state index contributed by atoms with van der Waals surface area (Å²) in [5, 5.41) is 21.9. The fraction of sp³-hybridized carbons (Fsp3) is 0.940. The molecule has 0 saturated carbocycles. The summed E-state index contributed by atoms with van der Waals surface area (Å²) < 4.78 is 27.0. The minimum absolute atomic E-state index is 0.153. The van der Waals surface area contributed by atoms with E-state index in [1.165, 1.54) is 193 Å². The van der Waals surface area contributed by atoms with Gasteiger partial charge >= 0.3 is 19.8 Å². The molecule has 0 aromatic heterocycles. The Bertz CT molecular complexity index is 1060. The van der Waals surface area contributed by atoms with E-state index in [4.69, 9.17) is 13.8 Å². The number of aliphatic hydroxyl groups is 1. The van der Waals surface area contributed by atoms with E-state index in [2.05, 4.69) is 19.2 Å². The van der Waals surface area contributed by atoms with Gasteiger partial charge < -0.3 is 25.2 Å². The van der Waals surface area contributed by atoms with Crippen LogP contribution in [0.2, 0.25) is 0 Å². The second kappa shape index (κ2) is 46.0. The highest BCUT2D eigenvalue weighted by molar-refractivity contribution is 7.47. The first-order chi connectivity index (χ1) is 30.1. The number of carbonyl (C=O) groups excluding carboxylic acids is 2. The van der Waals surface area contributed by atoms with Crippen LogP contribution in [0.15, 0.2) is 0 Å². The van der Waals surface area contributed by atoms with Crippen LogP contribution in [0.1, 0.15) is 271 Å². The fourth-order valence-corrected chi connectivity index (χ4v) is 8.62. The molecule has 12 heteroatoms. The smallest absolute Gasteiger partial charge is 0.472 e. The van der Waals surface area contributed by atoms with E-state index in [-0.39, 0.29) is 12.8 Å². The van der Waals surface area contributed by atoms with Gasteiger partial charge in [0.15, 0.2) is 6.04 Å². The standard InChI is InChI=1S/C50H98NO10P/c1-3-5-7-9-11-13-15-17-19-21-22-23-24-26-28-30-32-34-36-38-40-42-49(54)59-43-46(52)44-60-62(57,58)61-45-47(50(55)56)51-48(53)41-39-37-35-33-31-29-27-25-20-18-16-14-12-10-8-6-4-2/h46-47,52H,3-45H2,1-2H3,(H,51,53)(H,55,56)(H,57,58). The van der Waals surface area contributed by atoms with Gasteiger partial charge in [-0.1, -0.05) is 245 Å². The van der Waals surface area contributed by atoms with E-state index < -0.39 is 57.6 Å². The summed E-state index contributed by atoms with van der Waals surface area (Å²) in [5.74, 6) is -2.35. The average Bonchev–Trinajstić information content (AvgIpc) is 3.25. The molecule has 0 aromatic carbocycles. The molecule has 3 atom stereocenters. The van der Waals surface area contributed by atoms with Gasteiger partial charge in [-0.3, -0.25) is 18.6 Å². The van der Waals surface area contributed by atoms with Crippen LogP contribution >= 0.6 is 7.82 Å². The molecule has 0 radical (unpaired) electrons. The predicted octanol–water partition coefficient (Wildman–Crippen LogP) is 14.2. The molecule has 368 valence electrons. The maximum Gasteiger partial charge on any atom is 0.472 e. The second-order valence-corrected chi connectivity index (χ2v) is 19.5. The number of nitrogens with one attached hydrogen (secondary N) is 1. The normalized spacial score (nSPS) is 13.5. The third-order valence-corrected chi connectivity index (χ3v) is 12.8. The molecule has 0 rings (SSSR count). The van der Waals surface area contributed by atoms with Crippen LogP contribution in [-0.4, -0.2) is 64.9 Å². The van der Waals surface area contributed by atoms with Gasteiger partial charge in [0.05, 0.1) is 13.2 Å². The van der Waals surface area contributed by atoms with Crippen molar-refractivity contribution in [1.82, 2.24) is 5.32 Å². The third-order valence-electron chi connectivity index (χ3n) is 11.9. The van der Waals surface area contributed by atoms with Gasteiger partial charge in [-0.25, -0.2) is 9.36 Å². The molecule has 0 fully saturated rings. The van der Waals surface area contributed by atoms with Crippen LogP contribution in [0, 0.1) is 0 Å². The molecule has 62 heavy (non-hydrogen) atoms. The van der Waals surface area contributed by atoms with Gasteiger partial charge in [-0.2, -0.15) is 0 Å². The summed E-state index contributed by atoms with van der Waals surface area (Å²) in [6.45, 7) is 2.66. The van der Waals surface area contributed by atoms with Gasteiger partial charge in [0, 0.05) is 12.8 Å². The second-order valence-electron chi connectivity index (χ2n) is 18.1. The Labute approximate surface area is 380 Å². The van der Waals surface area contributed by atoms with E-state index in [9.17, 15) is 34.1 Å². The zero-order chi connectivity index (χ0) is 45.6. The molecule has 3 unspecified atom stereocenters. The van der Waals surface area contributed by atoms with Crippen molar-refractivity contribution in [2.75, 3.05) is 19.8 Å². The molecule has 0 aliphatic rings. The highest BCUT2D eigenvalue weighted by Gasteiger charge is 2.28. The summed E-state index contributed by atoms with van der Waals surface area (Å²) in [6, 6.07) is -1.54. The summed E-state index contributed by atoms with van der Waals surface area (Å²) in [7, 11) is -4.75. The lowest BCUT2D eigenvalue weighted by atomic mass is 10.0. The number of hydrogen-bond acceptors (Lipinski definition) is 8. The number of esters is 1. The van der Waals surface area contributed by atoms with Gasteiger partial charge in [-0.05, 0) is 12.8 Å². The molecule has 4 N–H and O–H groups in total. The predicted molar refractivity (Wildman–Crippen MR) is 254 cm³/mol. The maximum atomic E-state index is 12.3. The van der Waals surface area contributed by atoms with Gasteiger partial charge in [0.25, 0.3) is 0 Å². The number of aliphatic hydroxyl groups excluding tert-OH is 1. The first kappa shape index (κ1) is 60.5. The van der Waals surface area contributed by atoms with Crippen LogP contribution in [0.25, 0.3) is 0 Å². The van der Waals surface area contributed by atoms with Crippen LogP contribution < -0.4 is 5.32 Å². The Morgan fingerprint density at radius 2 is 0.742 bits per heavy atom.